The number of benzene rings is 1. The lowest BCUT2D eigenvalue weighted by Crippen LogP contribution is -2.31. The van der Waals surface area contributed by atoms with Crippen LogP contribution >= 0.6 is 0 Å². The van der Waals surface area contributed by atoms with Crippen LogP contribution in [-0.4, -0.2) is 36.2 Å². The minimum Gasteiger partial charge on any atom is -0.383 e. The predicted molar refractivity (Wildman–Crippen MR) is 87.8 cm³/mol. The SMILES string of the molecule is Cn1cc(C[C@@H](CNc2ccccc2S(=O)(=O)C(F)(F)F)C(N)=O)cn1. The third-order valence-electron chi connectivity index (χ3n) is 3.66. The number of nitrogens with zero attached hydrogens (tertiary/aromatic N) is 2. The van der Waals surface area contributed by atoms with Crippen LogP contribution in [0.3, 0.4) is 0 Å². The van der Waals surface area contributed by atoms with Crippen LogP contribution in [0.25, 0.3) is 0 Å². The summed E-state index contributed by atoms with van der Waals surface area (Å²) < 4.78 is 63.3. The number of carbonyl (C=O) groups excluding carboxylic acids is 1. The number of primary amides is 1. The van der Waals surface area contributed by atoms with Gasteiger partial charge in [0.05, 0.1) is 22.7 Å². The Bertz CT molecular complexity index is 894. The fraction of sp³-hybridized carbons (Fsp3) is 0.333. The molecule has 0 saturated carbocycles. The Morgan fingerprint density at radius 1 is 1.35 bits per heavy atom. The van der Waals surface area contributed by atoms with E-state index in [4.69, 9.17) is 5.73 Å². The molecule has 0 bridgehead atoms. The van der Waals surface area contributed by atoms with Gasteiger partial charge in [-0.1, -0.05) is 12.1 Å². The molecule has 0 unspecified atom stereocenters. The zero-order valence-electron chi connectivity index (χ0n) is 13.7. The van der Waals surface area contributed by atoms with Gasteiger partial charge in [-0.2, -0.15) is 18.3 Å². The first-order valence-corrected chi connectivity index (χ1v) is 8.92. The zero-order chi connectivity index (χ0) is 19.5. The van der Waals surface area contributed by atoms with Crippen LogP contribution in [0.5, 0.6) is 0 Å². The first kappa shape index (κ1) is 19.8. The van der Waals surface area contributed by atoms with Crippen LogP contribution in [0.15, 0.2) is 41.6 Å². The van der Waals surface area contributed by atoms with Crippen molar-refractivity contribution in [3.63, 3.8) is 0 Å². The normalized spacial score (nSPS) is 13.4. The smallest absolute Gasteiger partial charge is 0.383 e. The molecule has 0 aliphatic rings. The fourth-order valence-electron chi connectivity index (χ4n) is 2.34. The number of halogens is 3. The number of alkyl halides is 3. The molecule has 1 amide bonds. The molecule has 2 aromatic rings. The van der Waals surface area contributed by atoms with Crippen molar-refractivity contribution in [1.29, 1.82) is 0 Å². The maximum Gasteiger partial charge on any atom is 0.501 e. The summed E-state index contributed by atoms with van der Waals surface area (Å²) in [6.07, 6.45) is 3.43. The largest absolute Gasteiger partial charge is 0.501 e. The summed E-state index contributed by atoms with van der Waals surface area (Å²) in [5.41, 5.74) is 0.386. The van der Waals surface area contributed by atoms with Crippen LogP contribution in [0.4, 0.5) is 18.9 Å². The second kappa shape index (κ2) is 7.36. The number of sulfone groups is 1. The standard InChI is InChI=1S/C15H17F3N4O3S/c1-22-9-10(7-21-22)6-11(14(19)23)8-20-12-4-2-3-5-13(12)26(24,25)15(16,17)18/h2-5,7,9,11,20H,6,8H2,1H3,(H2,19,23)/t11-/m0/s1. The minimum absolute atomic E-state index is 0.130. The third-order valence-corrected chi connectivity index (χ3v) is 5.21. The van der Waals surface area contributed by atoms with Crippen molar-refractivity contribution in [3.8, 4) is 0 Å². The van der Waals surface area contributed by atoms with E-state index in [1.165, 1.54) is 29.1 Å². The molecule has 1 atom stereocenters. The summed E-state index contributed by atoms with van der Waals surface area (Å²) in [5, 5.41) is 6.55. The molecular weight excluding hydrogens is 373 g/mol. The molecule has 7 nitrogen and oxygen atoms in total. The molecule has 2 rings (SSSR count). The highest BCUT2D eigenvalue weighted by molar-refractivity contribution is 7.92. The molecule has 0 spiro atoms. The van der Waals surface area contributed by atoms with Gasteiger partial charge in [0, 0.05) is 19.8 Å². The first-order chi connectivity index (χ1) is 12.0. The summed E-state index contributed by atoms with van der Waals surface area (Å²) in [5.74, 6) is -1.43. The summed E-state index contributed by atoms with van der Waals surface area (Å²) in [4.78, 5) is 10.7. The highest BCUT2D eigenvalue weighted by Crippen LogP contribution is 2.34. The van der Waals surface area contributed by atoms with Gasteiger partial charge in [0.1, 0.15) is 0 Å². The van der Waals surface area contributed by atoms with Crippen molar-refractivity contribution in [2.45, 2.75) is 16.8 Å². The number of para-hydroxylation sites is 1. The van der Waals surface area contributed by atoms with Crippen molar-refractivity contribution in [2.75, 3.05) is 11.9 Å². The van der Waals surface area contributed by atoms with Gasteiger partial charge >= 0.3 is 5.51 Å². The van der Waals surface area contributed by atoms with Gasteiger partial charge in [0.2, 0.25) is 5.91 Å². The lowest BCUT2D eigenvalue weighted by Gasteiger charge is -2.17. The summed E-state index contributed by atoms with van der Waals surface area (Å²) >= 11 is 0. The fourth-order valence-corrected chi connectivity index (χ4v) is 3.28. The molecular formula is C15H17F3N4O3S. The molecule has 0 fully saturated rings. The maximum absolute atomic E-state index is 12.8. The Balaban J connectivity index is 2.21. The van der Waals surface area contributed by atoms with E-state index in [2.05, 4.69) is 10.4 Å². The molecule has 142 valence electrons. The molecule has 0 aliphatic carbocycles. The number of anilines is 1. The summed E-state index contributed by atoms with van der Waals surface area (Å²) in [7, 11) is -3.83. The zero-order valence-corrected chi connectivity index (χ0v) is 14.5. The van der Waals surface area contributed by atoms with E-state index in [-0.39, 0.29) is 18.7 Å². The molecule has 26 heavy (non-hydrogen) atoms. The van der Waals surface area contributed by atoms with Crippen LogP contribution < -0.4 is 11.1 Å². The van der Waals surface area contributed by atoms with Crippen LogP contribution in [0.1, 0.15) is 5.56 Å². The number of rotatable bonds is 7. The molecule has 1 heterocycles. The number of aromatic nitrogens is 2. The van der Waals surface area contributed by atoms with E-state index in [0.717, 1.165) is 6.07 Å². The van der Waals surface area contributed by atoms with Gasteiger partial charge in [-0.25, -0.2) is 8.42 Å². The van der Waals surface area contributed by atoms with Gasteiger partial charge in [-0.3, -0.25) is 9.48 Å². The Kier molecular flexibility index (Phi) is 5.59. The molecule has 1 aromatic carbocycles. The van der Waals surface area contributed by atoms with Crippen molar-refractivity contribution in [2.24, 2.45) is 18.7 Å². The van der Waals surface area contributed by atoms with Crippen molar-refractivity contribution < 1.29 is 26.4 Å². The Morgan fingerprint density at radius 3 is 2.54 bits per heavy atom. The molecule has 1 aromatic heterocycles. The topological polar surface area (TPSA) is 107 Å². The number of hydrogen-bond donors (Lipinski definition) is 2. The summed E-state index contributed by atoms with van der Waals surface area (Å²) in [6.45, 7) is -0.130. The lowest BCUT2D eigenvalue weighted by atomic mass is 10.0. The number of amides is 1. The summed E-state index contributed by atoms with van der Waals surface area (Å²) in [6, 6.07) is 4.62. The second-order valence-corrected chi connectivity index (χ2v) is 7.56. The third kappa shape index (κ3) is 4.34. The monoisotopic (exact) mass is 390 g/mol. The number of aryl methyl sites for hydroxylation is 1. The van der Waals surface area contributed by atoms with Crippen molar-refractivity contribution in [1.82, 2.24) is 9.78 Å². The Labute approximate surface area is 147 Å². The van der Waals surface area contributed by atoms with E-state index in [0.29, 0.717) is 5.56 Å². The van der Waals surface area contributed by atoms with Gasteiger partial charge < -0.3 is 11.1 Å². The molecule has 0 radical (unpaired) electrons. The molecule has 0 aliphatic heterocycles. The molecule has 11 heteroatoms. The molecule has 3 N–H and O–H groups in total. The van der Waals surface area contributed by atoms with E-state index >= 15 is 0 Å². The van der Waals surface area contributed by atoms with Gasteiger partial charge in [0.15, 0.2) is 0 Å². The van der Waals surface area contributed by atoms with E-state index in [1.54, 1.807) is 13.2 Å². The van der Waals surface area contributed by atoms with Crippen molar-refractivity contribution in [3.05, 3.63) is 42.2 Å². The minimum atomic E-state index is -5.52. The van der Waals surface area contributed by atoms with Gasteiger partial charge in [0.25, 0.3) is 9.84 Å². The van der Waals surface area contributed by atoms with Crippen LogP contribution in [0, 0.1) is 5.92 Å². The van der Waals surface area contributed by atoms with Gasteiger partial charge in [-0.15, -0.1) is 0 Å². The number of hydrogen-bond acceptors (Lipinski definition) is 5. The van der Waals surface area contributed by atoms with Crippen molar-refractivity contribution >= 4 is 21.4 Å². The Hall–Kier alpha value is -2.56. The number of nitrogens with one attached hydrogen (secondary N) is 1. The van der Waals surface area contributed by atoms with E-state index in [1.807, 2.05) is 0 Å². The highest BCUT2D eigenvalue weighted by Gasteiger charge is 2.47. The predicted octanol–water partition coefficient (Wildman–Crippen LogP) is 1.47. The number of carbonyl (C=O) groups is 1. The molecule has 0 saturated heterocycles. The average Bonchev–Trinajstić information content (AvgIpc) is 2.95. The van der Waals surface area contributed by atoms with E-state index < -0.39 is 32.1 Å². The number of nitrogens with two attached hydrogens (primary N) is 1. The van der Waals surface area contributed by atoms with E-state index in [9.17, 15) is 26.4 Å². The quantitative estimate of drug-likeness (QED) is 0.745. The van der Waals surface area contributed by atoms with Crippen LogP contribution in [0.2, 0.25) is 0 Å². The Morgan fingerprint density at radius 2 is 2.00 bits per heavy atom. The van der Waals surface area contributed by atoms with Crippen LogP contribution in [-0.2, 0) is 28.1 Å². The first-order valence-electron chi connectivity index (χ1n) is 7.43. The maximum atomic E-state index is 12.8. The average molecular weight is 390 g/mol. The second-order valence-electron chi connectivity index (χ2n) is 5.65. The lowest BCUT2D eigenvalue weighted by molar-refractivity contribution is -0.121. The highest BCUT2D eigenvalue weighted by atomic mass is 32.2. The van der Waals surface area contributed by atoms with Gasteiger partial charge in [-0.05, 0) is 24.1 Å².